The Kier molecular flexibility index (Phi) is 3.46. The van der Waals surface area contributed by atoms with Gasteiger partial charge in [0.05, 0.1) is 5.88 Å². The van der Waals surface area contributed by atoms with Crippen molar-refractivity contribution in [2.45, 2.75) is 6.92 Å². The highest BCUT2D eigenvalue weighted by Gasteiger charge is 2.01. The van der Waals surface area contributed by atoms with Crippen LogP contribution in [0.25, 0.3) is 0 Å². The number of amides is 1. The minimum absolute atomic E-state index is 0.0507. The molecule has 9 heavy (non-hydrogen) atoms. The lowest BCUT2D eigenvalue weighted by atomic mass is 10.6. The van der Waals surface area contributed by atoms with Crippen molar-refractivity contribution in [1.29, 1.82) is 0 Å². The van der Waals surface area contributed by atoms with Crippen LogP contribution in [0.2, 0.25) is 0 Å². The maximum atomic E-state index is 10.5. The molecule has 4 heteroatoms. The number of nitrogens with zero attached hydrogens (tertiary/aromatic N) is 1. The normalized spacial score (nSPS) is 12.8. The van der Waals surface area contributed by atoms with Crippen molar-refractivity contribution in [1.82, 2.24) is 4.90 Å². The van der Waals surface area contributed by atoms with Crippen molar-refractivity contribution >= 4 is 16.7 Å². The van der Waals surface area contributed by atoms with Crippen LogP contribution in [-0.4, -0.2) is 34.2 Å². The van der Waals surface area contributed by atoms with Gasteiger partial charge >= 0.3 is 0 Å². The summed E-state index contributed by atoms with van der Waals surface area (Å²) in [5, 5.41) is 0. The fourth-order valence-corrected chi connectivity index (χ4v) is 1.09. The molecular weight excluding hydrogens is 138 g/mol. The molecule has 0 heterocycles. The van der Waals surface area contributed by atoms with Crippen molar-refractivity contribution in [2.75, 3.05) is 19.2 Å². The molecule has 1 atom stereocenters. The van der Waals surface area contributed by atoms with E-state index in [4.69, 9.17) is 0 Å². The van der Waals surface area contributed by atoms with Crippen LogP contribution in [-0.2, 0) is 15.6 Å². The van der Waals surface area contributed by atoms with Crippen LogP contribution in [0.5, 0.6) is 0 Å². The molecule has 0 saturated carbocycles. The number of rotatable bonds is 2. The average Bonchev–Trinajstić information content (AvgIpc) is 1.63. The summed E-state index contributed by atoms with van der Waals surface area (Å²) in [5.41, 5.74) is 0. The Bertz CT molecular complexity index is 135. The van der Waals surface area contributed by atoms with Crippen molar-refractivity contribution in [3.8, 4) is 0 Å². The van der Waals surface area contributed by atoms with Gasteiger partial charge in [0.2, 0.25) is 5.91 Å². The third kappa shape index (κ3) is 4.14. The molecule has 3 nitrogen and oxygen atoms in total. The molecule has 54 valence electrons. The molecule has 0 aliphatic heterocycles. The fraction of sp³-hybridized carbons (Fsp3) is 0.800. The summed E-state index contributed by atoms with van der Waals surface area (Å²) < 4.78 is 10.5. The smallest absolute Gasteiger partial charge is 0.219 e. The summed E-state index contributed by atoms with van der Waals surface area (Å²) in [6.07, 6.45) is 1.57. The molecule has 0 N–H and O–H groups in total. The second kappa shape index (κ2) is 3.61. The average molecular weight is 149 g/mol. The maximum absolute atomic E-state index is 10.5. The molecule has 0 rings (SSSR count). The van der Waals surface area contributed by atoms with Crippen molar-refractivity contribution in [2.24, 2.45) is 0 Å². The summed E-state index contributed by atoms with van der Waals surface area (Å²) in [7, 11) is 0.718. The summed E-state index contributed by atoms with van der Waals surface area (Å²) in [4.78, 5) is 11.9. The molecule has 0 aliphatic carbocycles. The lowest BCUT2D eigenvalue weighted by Gasteiger charge is -2.11. The molecule has 1 unspecified atom stereocenters. The van der Waals surface area contributed by atoms with Gasteiger partial charge < -0.3 is 4.90 Å². The van der Waals surface area contributed by atoms with E-state index < -0.39 is 10.8 Å². The molecule has 0 aromatic heterocycles. The molecule has 1 amide bonds. The summed E-state index contributed by atoms with van der Waals surface area (Å²) >= 11 is 0. The fourth-order valence-electron chi connectivity index (χ4n) is 0.364. The first-order valence-corrected chi connectivity index (χ1v) is 4.28. The molecule has 0 spiro atoms. The van der Waals surface area contributed by atoms with E-state index in [0.717, 1.165) is 0 Å². The highest BCUT2D eigenvalue weighted by molar-refractivity contribution is 7.84. The van der Waals surface area contributed by atoms with Crippen LogP contribution in [0, 0.1) is 0 Å². The minimum atomic E-state index is -0.911. The van der Waals surface area contributed by atoms with E-state index in [1.54, 1.807) is 13.3 Å². The van der Waals surface area contributed by atoms with E-state index in [1.165, 1.54) is 11.8 Å². The van der Waals surface area contributed by atoms with Crippen LogP contribution >= 0.6 is 0 Å². The zero-order chi connectivity index (χ0) is 7.44. The Morgan fingerprint density at radius 1 is 1.67 bits per heavy atom. The second-order valence-electron chi connectivity index (χ2n) is 1.92. The standard InChI is InChI=1S/C5H11NO2S/c1-5(7)6(2)4-9(3)8/h4H2,1-3H3. The zero-order valence-corrected chi connectivity index (χ0v) is 6.70. The Morgan fingerprint density at radius 2 is 2.11 bits per heavy atom. The van der Waals surface area contributed by atoms with Gasteiger partial charge in [-0.2, -0.15) is 0 Å². The molecule has 0 aromatic rings. The van der Waals surface area contributed by atoms with Crippen LogP contribution < -0.4 is 0 Å². The first-order valence-electron chi connectivity index (χ1n) is 2.55. The third-order valence-corrected chi connectivity index (χ3v) is 1.66. The summed E-state index contributed by atoms with van der Waals surface area (Å²) in [6, 6.07) is 0. The van der Waals surface area contributed by atoms with Gasteiger partial charge in [-0.15, -0.1) is 0 Å². The second-order valence-corrected chi connectivity index (χ2v) is 3.32. The lowest BCUT2D eigenvalue weighted by molar-refractivity contribution is -0.126. The molecule has 0 aromatic carbocycles. The number of carbonyl (C=O) groups is 1. The monoisotopic (exact) mass is 149 g/mol. The van der Waals surface area contributed by atoms with E-state index in [1.807, 2.05) is 0 Å². The molecule has 0 saturated heterocycles. The minimum Gasteiger partial charge on any atom is -0.334 e. The van der Waals surface area contributed by atoms with Gasteiger partial charge in [-0.25, -0.2) is 0 Å². The van der Waals surface area contributed by atoms with E-state index in [2.05, 4.69) is 0 Å². The SMILES string of the molecule is CC(=O)N(C)CS(C)=O. The van der Waals surface area contributed by atoms with Gasteiger partial charge in [0.15, 0.2) is 0 Å². The molecule has 0 aliphatic rings. The quantitative estimate of drug-likeness (QED) is 0.545. The topological polar surface area (TPSA) is 37.4 Å². The maximum Gasteiger partial charge on any atom is 0.219 e. The van der Waals surface area contributed by atoms with Gasteiger partial charge in [0.1, 0.15) is 0 Å². The predicted octanol–water partition coefficient (Wildman–Crippen LogP) is -0.199. The van der Waals surface area contributed by atoms with Crippen molar-refractivity contribution in [3.05, 3.63) is 0 Å². The van der Waals surface area contributed by atoms with Crippen LogP contribution in [0.4, 0.5) is 0 Å². The zero-order valence-electron chi connectivity index (χ0n) is 5.88. The predicted molar refractivity (Wildman–Crippen MR) is 37.4 cm³/mol. The molecule has 0 radical (unpaired) electrons. The van der Waals surface area contributed by atoms with Crippen molar-refractivity contribution in [3.63, 3.8) is 0 Å². The van der Waals surface area contributed by atoms with E-state index in [9.17, 15) is 9.00 Å². The molecule has 0 bridgehead atoms. The Morgan fingerprint density at radius 3 is 2.22 bits per heavy atom. The van der Waals surface area contributed by atoms with E-state index in [0.29, 0.717) is 5.88 Å². The molecule has 0 fully saturated rings. The van der Waals surface area contributed by atoms with Crippen molar-refractivity contribution < 1.29 is 9.00 Å². The lowest BCUT2D eigenvalue weighted by Crippen LogP contribution is -2.26. The Labute approximate surface area is 57.5 Å². The van der Waals surface area contributed by atoms with Crippen LogP contribution in [0.3, 0.4) is 0 Å². The number of hydrogen-bond donors (Lipinski definition) is 0. The first-order chi connectivity index (χ1) is 4.04. The van der Waals surface area contributed by atoms with Gasteiger partial charge in [0, 0.05) is 31.0 Å². The highest BCUT2D eigenvalue weighted by Crippen LogP contribution is 1.84. The summed E-state index contributed by atoms with van der Waals surface area (Å²) in [5.74, 6) is 0.278. The van der Waals surface area contributed by atoms with Gasteiger partial charge in [0.25, 0.3) is 0 Å². The van der Waals surface area contributed by atoms with Crippen LogP contribution in [0.1, 0.15) is 6.92 Å². The Balaban J connectivity index is 3.63. The summed E-state index contributed by atoms with van der Waals surface area (Å²) in [6.45, 7) is 1.45. The Hall–Kier alpha value is -0.380. The van der Waals surface area contributed by atoms with Gasteiger partial charge in [-0.1, -0.05) is 0 Å². The number of carbonyl (C=O) groups excluding carboxylic acids is 1. The largest absolute Gasteiger partial charge is 0.334 e. The van der Waals surface area contributed by atoms with Crippen LogP contribution in [0.15, 0.2) is 0 Å². The first kappa shape index (κ1) is 8.62. The van der Waals surface area contributed by atoms with Gasteiger partial charge in [-0.05, 0) is 0 Å². The third-order valence-electron chi connectivity index (χ3n) is 0.913. The highest BCUT2D eigenvalue weighted by atomic mass is 32.2. The molecular formula is C5H11NO2S. The number of hydrogen-bond acceptors (Lipinski definition) is 2. The van der Waals surface area contributed by atoms with E-state index >= 15 is 0 Å². The van der Waals surface area contributed by atoms with Gasteiger partial charge in [-0.3, -0.25) is 9.00 Å². The van der Waals surface area contributed by atoms with E-state index in [-0.39, 0.29) is 5.91 Å².